The van der Waals surface area contributed by atoms with E-state index in [4.69, 9.17) is 20.7 Å². The standard InChI is InChI=1S/C10H16N2O5/c11-7(10(15)16)1-2-8(14)12-9-6(5-13)3-4-17-9/h3,7,9,13H,1-2,4-5,11H2,(H,12,14)(H,15,16)/t7-,9?/m0/s1. The van der Waals surface area contributed by atoms with Crippen molar-refractivity contribution in [3.63, 3.8) is 0 Å². The van der Waals surface area contributed by atoms with E-state index in [2.05, 4.69) is 5.32 Å². The summed E-state index contributed by atoms with van der Waals surface area (Å²) in [5, 5.41) is 20.0. The Morgan fingerprint density at radius 2 is 2.35 bits per heavy atom. The molecule has 5 N–H and O–H groups in total. The maximum Gasteiger partial charge on any atom is 0.320 e. The van der Waals surface area contributed by atoms with Gasteiger partial charge in [-0.25, -0.2) is 0 Å². The van der Waals surface area contributed by atoms with Crippen molar-refractivity contribution in [1.82, 2.24) is 5.32 Å². The molecule has 0 saturated heterocycles. The van der Waals surface area contributed by atoms with Gasteiger partial charge in [-0.1, -0.05) is 6.08 Å². The van der Waals surface area contributed by atoms with E-state index in [1.807, 2.05) is 0 Å². The largest absolute Gasteiger partial charge is 0.480 e. The Balaban J connectivity index is 2.30. The molecule has 7 nitrogen and oxygen atoms in total. The SMILES string of the molecule is N[C@@H](CCC(=O)NC1OCC=C1CO)C(=O)O. The predicted molar refractivity (Wildman–Crippen MR) is 57.9 cm³/mol. The highest BCUT2D eigenvalue weighted by Gasteiger charge is 2.21. The van der Waals surface area contributed by atoms with Crippen LogP contribution in [0.15, 0.2) is 11.6 Å². The third-order valence-electron chi connectivity index (χ3n) is 2.42. The van der Waals surface area contributed by atoms with Crippen LogP contribution in [0.3, 0.4) is 0 Å². The van der Waals surface area contributed by atoms with Crippen molar-refractivity contribution >= 4 is 11.9 Å². The molecule has 1 aliphatic heterocycles. The molecule has 1 amide bonds. The number of carbonyl (C=O) groups is 2. The first-order valence-electron chi connectivity index (χ1n) is 5.23. The molecule has 17 heavy (non-hydrogen) atoms. The lowest BCUT2D eigenvalue weighted by molar-refractivity contribution is -0.138. The van der Waals surface area contributed by atoms with Crippen molar-refractivity contribution in [2.45, 2.75) is 25.1 Å². The molecule has 0 aromatic rings. The zero-order valence-electron chi connectivity index (χ0n) is 9.26. The molecule has 0 radical (unpaired) electrons. The molecule has 1 rings (SSSR count). The lowest BCUT2D eigenvalue weighted by Crippen LogP contribution is -2.38. The van der Waals surface area contributed by atoms with Gasteiger partial charge in [0.2, 0.25) is 5.91 Å². The highest BCUT2D eigenvalue weighted by atomic mass is 16.5. The number of nitrogens with two attached hydrogens (primary N) is 1. The van der Waals surface area contributed by atoms with Gasteiger partial charge in [-0.15, -0.1) is 0 Å². The number of rotatable bonds is 6. The molecule has 96 valence electrons. The average molecular weight is 244 g/mol. The summed E-state index contributed by atoms with van der Waals surface area (Å²) in [5.41, 5.74) is 5.86. The van der Waals surface area contributed by atoms with Crippen LogP contribution in [0.2, 0.25) is 0 Å². The molecule has 1 heterocycles. The minimum absolute atomic E-state index is 0.00599. The molecule has 7 heteroatoms. The fraction of sp³-hybridized carbons (Fsp3) is 0.600. The van der Waals surface area contributed by atoms with Crippen molar-refractivity contribution < 1.29 is 24.5 Å². The van der Waals surface area contributed by atoms with E-state index < -0.39 is 18.2 Å². The van der Waals surface area contributed by atoms with Crippen LogP contribution in [0.25, 0.3) is 0 Å². The number of amides is 1. The number of hydrogen-bond acceptors (Lipinski definition) is 5. The summed E-state index contributed by atoms with van der Waals surface area (Å²) < 4.78 is 5.15. The Morgan fingerprint density at radius 1 is 1.65 bits per heavy atom. The summed E-state index contributed by atoms with van der Waals surface area (Å²) in [4.78, 5) is 21.9. The zero-order valence-corrected chi connectivity index (χ0v) is 9.26. The predicted octanol–water partition coefficient (Wildman–Crippen LogP) is -1.43. The van der Waals surface area contributed by atoms with Crippen LogP contribution in [0, 0.1) is 0 Å². The Morgan fingerprint density at radius 3 is 2.94 bits per heavy atom. The van der Waals surface area contributed by atoms with Gasteiger partial charge in [0.05, 0.1) is 13.2 Å². The van der Waals surface area contributed by atoms with Crippen molar-refractivity contribution in [3.8, 4) is 0 Å². The minimum atomic E-state index is -1.13. The number of carboxylic acid groups (broad SMARTS) is 1. The first kappa shape index (κ1) is 13.6. The molecule has 0 fully saturated rings. The second-order valence-electron chi connectivity index (χ2n) is 3.70. The number of aliphatic carboxylic acids is 1. The number of aliphatic hydroxyl groups excluding tert-OH is 1. The summed E-state index contributed by atoms with van der Waals surface area (Å²) >= 11 is 0. The van der Waals surface area contributed by atoms with Crippen molar-refractivity contribution in [2.24, 2.45) is 5.73 Å². The summed E-state index contributed by atoms with van der Waals surface area (Å²) in [6.45, 7) is 0.162. The van der Waals surface area contributed by atoms with E-state index in [0.29, 0.717) is 12.2 Å². The summed E-state index contributed by atoms with van der Waals surface area (Å²) in [6.07, 6.45) is 1.14. The molecule has 1 unspecified atom stereocenters. The van der Waals surface area contributed by atoms with Gasteiger partial charge in [0.15, 0.2) is 6.23 Å². The maximum absolute atomic E-state index is 11.4. The minimum Gasteiger partial charge on any atom is -0.480 e. The van der Waals surface area contributed by atoms with E-state index in [9.17, 15) is 9.59 Å². The quantitative estimate of drug-likeness (QED) is 0.425. The Kier molecular flexibility index (Phi) is 5.08. The van der Waals surface area contributed by atoms with Crippen LogP contribution in [-0.2, 0) is 14.3 Å². The lowest BCUT2D eigenvalue weighted by atomic mass is 10.1. The first-order valence-corrected chi connectivity index (χ1v) is 5.23. The van der Waals surface area contributed by atoms with Gasteiger partial charge < -0.3 is 26.0 Å². The second kappa shape index (κ2) is 6.33. The van der Waals surface area contributed by atoms with Crippen molar-refractivity contribution in [1.29, 1.82) is 0 Å². The molecule has 0 aromatic heterocycles. The molecule has 0 aliphatic carbocycles. The van der Waals surface area contributed by atoms with Crippen LogP contribution >= 0.6 is 0 Å². The van der Waals surface area contributed by atoms with Crippen LogP contribution in [0.1, 0.15) is 12.8 Å². The number of ether oxygens (including phenoxy) is 1. The van der Waals surface area contributed by atoms with Gasteiger partial charge in [0, 0.05) is 12.0 Å². The van der Waals surface area contributed by atoms with E-state index >= 15 is 0 Å². The van der Waals surface area contributed by atoms with E-state index in [0.717, 1.165) is 0 Å². The highest BCUT2D eigenvalue weighted by molar-refractivity contribution is 5.78. The molecule has 1 aliphatic rings. The number of nitrogens with one attached hydrogen (secondary N) is 1. The molecule has 0 saturated carbocycles. The van der Waals surface area contributed by atoms with Crippen LogP contribution in [-0.4, -0.2) is 47.6 Å². The molecular formula is C10H16N2O5. The fourth-order valence-electron chi connectivity index (χ4n) is 1.38. The number of hydrogen-bond donors (Lipinski definition) is 4. The van der Waals surface area contributed by atoms with Gasteiger partial charge in [-0.3, -0.25) is 9.59 Å². The van der Waals surface area contributed by atoms with Crippen LogP contribution < -0.4 is 11.1 Å². The van der Waals surface area contributed by atoms with Gasteiger partial charge in [0.25, 0.3) is 0 Å². The number of carboxylic acids is 1. The van der Waals surface area contributed by atoms with E-state index in [1.165, 1.54) is 0 Å². The highest BCUT2D eigenvalue weighted by Crippen LogP contribution is 2.11. The first-order chi connectivity index (χ1) is 8.04. The number of aliphatic hydroxyl groups is 1. The zero-order chi connectivity index (χ0) is 12.8. The van der Waals surface area contributed by atoms with Crippen LogP contribution in [0.5, 0.6) is 0 Å². The third-order valence-corrected chi connectivity index (χ3v) is 2.42. The van der Waals surface area contributed by atoms with E-state index in [1.54, 1.807) is 6.08 Å². The van der Waals surface area contributed by atoms with Gasteiger partial charge in [-0.05, 0) is 6.42 Å². The third kappa shape index (κ3) is 4.14. The number of carbonyl (C=O) groups excluding carboxylic acids is 1. The molecule has 0 spiro atoms. The normalized spacial score (nSPS) is 20.8. The monoisotopic (exact) mass is 244 g/mol. The fourth-order valence-corrected chi connectivity index (χ4v) is 1.38. The topological polar surface area (TPSA) is 122 Å². The van der Waals surface area contributed by atoms with Crippen LogP contribution in [0.4, 0.5) is 0 Å². The molecule has 2 atom stereocenters. The second-order valence-corrected chi connectivity index (χ2v) is 3.70. The maximum atomic E-state index is 11.4. The van der Waals surface area contributed by atoms with E-state index in [-0.39, 0.29) is 25.4 Å². The Bertz CT molecular complexity index is 329. The summed E-state index contributed by atoms with van der Waals surface area (Å²) in [6, 6.07) is -1.04. The summed E-state index contributed by atoms with van der Waals surface area (Å²) in [5.74, 6) is -1.49. The van der Waals surface area contributed by atoms with Crippen molar-refractivity contribution in [3.05, 3.63) is 11.6 Å². The Hall–Kier alpha value is -1.44. The molecule has 0 bridgehead atoms. The van der Waals surface area contributed by atoms with Gasteiger partial charge in [0.1, 0.15) is 6.04 Å². The lowest BCUT2D eigenvalue weighted by Gasteiger charge is -2.15. The smallest absolute Gasteiger partial charge is 0.320 e. The summed E-state index contributed by atoms with van der Waals surface area (Å²) in [7, 11) is 0. The average Bonchev–Trinajstić information content (AvgIpc) is 2.72. The molecule has 0 aromatic carbocycles. The molecular weight excluding hydrogens is 228 g/mol. The van der Waals surface area contributed by atoms with Gasteiger partial charge in [-0.2, -0.15) is 0 Å². The van der Waals surface area contributed by atoms with Gasteiger partial charge >= 0.3 is 5.97 Å². The Labute approximate surface area is 98.2 Å². The van der Waals surface area contributed by atoms with Crippen molar-refractivity contribution in [2.75, 3.05) is 13.2 Å².